The predicted molar refractivity (Wildman–Crippen MR) is 89.6 cm³/mol. The second-order valence-electron chi connectivity index (χ2n) is 5.21. The lowest BCUT2D eigenvalue weighted by Gasteiger charge is -2.17. The van der Waals surface area contributed by atoms with Crippen LogP contribution >= 0.6 is 11.3 Å². The monoisotopic (exact) mass is 329 g/mol. The summed E-state index contributed by atoms with van der Waals surface area (Å²) in [4.78, 5) is 39.3. The minimum Gasteiger partial charge on any atom is -0.339 e. The van der Waals surface area contributed by atoms with E-state index in [-0.39, 0.29) is 23.6 Å². The summed E-state index contributed by atoms with van der Waals surface area (Å²) in [7, 11) is 1.67. The number of hydrogen-bond donors (Lipinski definition) is 1. The number of carbonyl (C=O) groups is 1. The summed E-state index contributed by atoms with van der Waals surface area (Å²) in [5.74, 6) is -0.244. The lowest BCUT2D eigenvalue weighted by atomic mass is 10.2. The van der Waals surface area contributed by atoms with Crippen molar-refractivity contribution in [2.75, 3.05) is 7.05 Å². The van der Waals surface area contributed by atoms with Crippen LogP contribution in [0.2, 0.25) is 0 Å². The first-order valence-electron chi connectivity index (χ1n) is 7.04. The van der Waals surface area contributed by atoms with Crippen molar-refractivity contribution in [2.24, 2.45) is 0 Å². The van der Waals surface area contributed by atoms with Crippen molar-refractivity contribution in [1.82, 2.24) is 14.7 Å². The van der Waals surface area contributed by atoms with Crippen LogP contribution in [-0.4, -0.2) is 27.6 Å². The highest BCUT2D eigenvalue weighted by Crippen LogP contribution is 2.11. The number of thiophene rings is 1. The number of rotatable bonds is 4. The van der Waals surface area contributed by atoms with Crippen LogP contribution in [0.5, 0.6) is 0 Å². The minimum absolute atomic E-state index is 0.194. The molecule has 0 atom stereocenters. The zero-order chi connectivity index (χ0) is 16.4. The molecule has 2 aromatic heterocycles. The third-order valence-corrected chi connectivity index (χ3v) is 4.44. The van der Waals surface area contributed by atoms with Gasteiger partial charge in [0.25, 0.3) is 11.1 Å². The first kappa shape index (κ1) is 15.2. The van der Waals surface area contributed by atoms with Gasteiger partial charge in [0.2, 0.25) is 5.91 Å². The van der Waals surface area contributed by atoms with Crippen LogP contribution in [0.15, 0.2) is 51.4 Å². The van der Waals surface area contributed by atoms with Crippen LogP contribution in [0.25, 0.3) is 10.8 Å². The van der Waals surface area contributed by atoms with E-state index in [4.69, 9.17) is 0 Å². The number of nitrogens with one attached hydrogen (secondary N) is 1. The molecule has 1 amide bonds. The van der Waals surface area contributed by atoms with Gasteiger partial charge in [0, 0.05) is 11.9 Å². The lowest BCUT2D eigenvalue weighted by Crippen LogP contribution is -2.37. The molecule has 0 aliphatic heterocycles. The number of carbonyl (C=O) groups excluding carboxylic acids is 1. The number of aromatic nitrogens is 2. The van der Waals surface area contributed by atoms with Crippen LogP contribution in [0.3, 0.4) is 0 Å². The summed E-state index contributed by atoms with van der Waals surface area (Å²) in [5, 5.41) is 5.05. The normalized spacial score (nSPS) is 10.8. The molecule has 1 N–H and O–H groups in total. The number of benzene rings is 1. The van der Waals surface area contributed by atoms with E-state index in [1.807, 2.05) is 17.5 Å². The fraction of sp³-hybridized carbons (Fsp3) is 0.188. The fourth-order valence-corrected chi connectivity index (χ4v) is 3.10. The molecule has 0 bridgehead atoms. The Hall–Kier alpha value is -2.67. The molecule has 7 heteroatoms. The zero-order valence-electron chi connectivity index (χ0n) is 12.5. The average Bonchev–Trinajstić information content (AvgIpc) is 3.05. The van der Waals surface area contributed by atoms with Gasteiger partial charge < -0.3 is 4.90 Å². The van der Waals surface area contributed by atoms with Crippen molar-refractivity contribution in [1.29, 1.82) is 0 Å². The fourth-order valence-electron chi connectivity index (χ4n) is 2.34. The Balaban J connectivity index is 1.86. The molecule has 0 saturated heterocycles. The third-order valence-electron chi connectivity index (χ3n) is 3.58. The molecule has 3 rings (SSSR count). The van der Waals surface area contributed by atoms with E-state index < -0.39 is 0 Å². The Morgan fingerprint density at radius 1 is 1.17 bits per heavy atom. The maximum absolute atomic E-state index is 12.4. The summed E-state index contributed by atoms with van der Waals surface area (Å²) in [6.45, 7) is 0.282. The van der Waals surface area contributed by atoms with Crippen LogP contribution in [0.4, 0.5) is 0 Å². The van der Waals surface area contributed by atoms with Gasteiger partial charge in [0.1, 0.15) is 6.54 Å². The average molecular weight is 329 g/mol. The topological polar surface area (TPSA) is 75.2 Å². The Bertz CT molecular complexity index is 957. The second-order valence-corrected chi connectivity index (χ2v) is 6.24. The van der Waals surface area contributed by atoms with Gasteiger partial charge in [0.15, 0.2) is 0 Å². The molecular formula is C16H15N3O3S. The molecule has 0 unspecified atom stereocenters. The molecule has 0 aliphatic rings. The van der Waals surface area contributed by atoms with Gasteiger partial charge in [-0.3, -0.25) is 19.5 Å². The molecule has 0 saturated carbocycles. The maximum atomic E-state index is 12.4. The van der Waals surface area contributed by atoms with Gasteiger partial charge in [-0.05, 0) is 23.6 Å². The van der Waals surface area contributed by atoms with Crippen molar-refractivity contribution in [2.45, 2.75) is 13.1 Å². The molecular weight excluding hydrogens is 314 g/mol. The predicted octanol–water partition coefficient (Wildman–Crippen LogP) is 1.41. The van der Waals surface area contributed by atoms with Crippen molar-refractivity contribution < 1.29 is 4.79 Å². The summed E-state index contributed by atoms with van der Waals surface area (Å²) < 4.78 is 1.07. The largest absolute Gasteiger partial charge is 0.339 e. The van der Waals surface area contributed by atoms with E-state index in [0.717, 1.165) is 9.56 Å². The van der Waals surface area contributed by atoms with Crippen molar-refractivity contribution in [3.05, 3.63) is 67.4 Å². The van der Waals surface area contributed by atoms with E-state index in [2.05, 4.69) is 5.10 Å². The third kappa shape index (κ3) is 3.09. The molecule has 6 nitrogen and oxygen atoms in total. The van der Waals surface area contributed by atoms with Crippen LogP contribution < -0.4 is 11.1 Å². The van der Waals surface area contributed by atoms with Crippen molar-refractivity contribution >= 4 is 28.0 Å². The first-order chi connectivity index (χ1) is 11.1. The zero-order valence-corrected chi connectivity index (χ0v) is 13.3. The second kappa shape index (κ2) is 6.21. The van der Waals surface area contributed by atoms with Crippen LogP contribution in [0, 0.1) is 0 Å². The molecule has 0 aliphatic carbocycles. The maximum Gasteiger partial charge on any atom is 0.273 e. The van der Waals surface area contributed by atoms with Crippen molar-refractivity contribution in [3.8, 4) is 0 Å². The Kier molecular flexibility index (Phi) is 4.12. The molecule has 0 radical (unpaired) electrons. The van der Waals surface area contributed by atoms with Gasteiger partial charge in [-0.2, -0.15) is 0 Å². The SMILES string of the molecule is CN(Cc1cccs1)C(=O)Cn1[nH]c(=O)c2ccccc2c1=O. The van der Waals surface area contributed by atoms with E-state index in [9.17, 15) is 14.4 Å². The molecule has 23 heavy (non-hydrogen) atoms. The number of likely N-dealkylation sites (N-methyl/N-ethyl adjacent to an activating group) is 1. The summed E-state index contributed by atoms with van der Waals surface area (Å²) in [6, 6.07) is 10.4. The molecule has 118 valence electrons. The number of nitrogens with zero attached hydrogens (tertiary/aromatic N) is 2. The molecule has 0 fully saturated rings. The Morgan fingerprint density at radius 3 is 2.61 bits per heavy atom. The highest BCUT2D eigenvalue weighted by Gasteiger charge is 2.14. The number of aromatic amines is 1. The van der Waals surface area contributed by atoms with Gasteiger partial charge in [-0.1, -0.05) is 18.2 Å². The van der Waals surface area contributed by atoms with E-state index in [1.165, 1.54) is 4.90 Å². The van der Waals surface area contributed by atoms with E-state index >= 15 is 0 Å². The van der Waals surface area contributed by atoms with Crippen molar-refractivity contribution in [3.63, 3.8) is 0 Å². The molecule has 2 heterocycles. The highest BCUT2D eigenvalue weighted by atomic mass is 32.1. The van der Waals surface area contributed by atoms with Gasteiger partial charge >= 0.3 is 0 Å². The van der Waals surface area contributed by atoms with Gasteiger partial charge in [-0.25, -0.2) is 4.68 Å². The standard InChI is InChI=1S/C16H15N3O3S/c1-18(9-11-5-4-8-23-11)14(20)10-19-16(22)13-7-3-2-6-12(13)15(21)17-19/h2-8H,9-10H2,1H3,(H,17,21). The first-order valence-corrected chi connectivity index (χ1v) is 7.92. The Morgan fingerprint density at radius 2 is 1.91 bits per heavy atom. The van der Waals surface area contributed by atoms with E-state index in [1.54, 1.807) is 42.6 Å². The van der Waals surface area contributed by atoms with E-state index in [0.29, 0.717) is 17.3 Å². The summed E-state index contributed by atoms with van der Waals surface area (Å²) in [6.07, 6.45) is 0. The van der Waals surface area contributed by atoms with Gasteiger partial charge in [-0.15, -0.1) is 11.3 Å². The van der Waals surface area contributed by atoms with Crippen LogP contribution in [0.1, 0.15) is 4.88 Å². The molecule has 3 aromatic rings. The minimum atomic E-state index is -0.381. The Labute approximate surface area is 135 Å². The van der Waals surface area contributed by atoms with Gasteiger partial charge in [0.05, 0.1) is 17.3 Å². The lowest BCUT2D eigenvalue weighted by molar-refractivity contribution is -0.131. The number of fused-ring (bicyclic) bond motifs is 1. The highest BCUT2D eigenvalue weighted by molar-refractivity contribution is 7.09. The number of hydrogen-bond acceptors (Lipinski definition) is 4. The number of H-pyrrole nitrogens is 1. The molecule has 0 spiro atoms. The quantitative estimate of drug-likeness (QED) is 0.786. The van der Waals surface area contributed by atoms with Crippen LogP contribution in [-0.2, 0) is 17.9 Å². The summed E-state index contributed by atoms with van der Waals surface area (Å²) in [5.41, 5.74) is -0.757. The number of amides is 1. The smallest absolute Gasteiger partial charge is 0.273 e. The molecule has 1 aromatic carbocycles. The summed E-state index contributed by atoms with van der Waals surface area (Å²) >= 11 is 1.56.